The topological polar surface area (TPSA) is 32.8 Å². The number of likely N-dealkylation sites (tertiary alicyclic amines) is 1. The molecule has 1 amide bonds. The standard InChI is InChI=1S/C32H36N2O2/c1-5-28-29-22-21-27(34(29)30(35)36-31(2,3)4)23-33(28)32(24-15-9-6-10-16-24,25-17-11-7-12-18-25)26-19-13-8-14-20-26/h5-20,27-29H,1,21-23H2,2-4H3/t27-,28-,29+/m1/s1. The van der Waals surface area contributed by atoms with Crippen LogP contribution in [0.5, 0.6) is 0 Å². The van der Waals surface area contributed by atoms with Gasteiger partial charge in [-0.2, -0.15) is 0 Å². The molecule has 0 aromatic heterocycles. The fraction of sp³-hybridized carbons (Fsp3) is 0.344. The van der Waals surface area contributed by atoms with Crippen LogP contribution in [0, 0.1) is 0 Å². The first-order valence-corrected chi connectivity index (χ1v) is 12.9. The molecule has 2 aliphatic rings. The third-order valence-corrected chi connectivity index (χ3v) is 7.56. The van der Waals surface area contributed by atoms with Gasteiger partial charge in [0.05, 0.1) is 11.6 Å². The van der Waals surface area contributed by atoms with E-state index in [-0.39, 0.29) is 24.2 Å². The maximum absolute atomic E-state index is 13.4. The molecule has 0 radical (unpaired) electrons. The lowest BCUT2D eigenvalue weighted by molar-refractivity contribution is -0.0319. The van der Waals surface area contributed by atoms with Crippen molar-refractivity contribution >= 4 is 6.09 Å². The molecule has 2 aliphatic heterocycles. The first-order chi connectivity index (χ1) is 17.4. The highest BCUT2D eigenvalue weighted by Gasteiger charge is 2.55. The minimum Gasteiger partial charge on any atom is -0.444 e. The molecule has 0 spiro atoms. The summed E-state index contributed by atoms with van der Waals surface area (Å²) in [6, 6.07) is 32.3. The van der Waals surface area contributed by atoms with Crippen LogP contribution < -0.4 is 0 Å². The average molecular weight is 481 g/mol. The fourth-order valence-corrected chi connectivity index (χ4v) is 6.26. The summed E-state index contributed by atoms with van der Waals surface area (Å²) in [6.07, 6.45) is 3.71. The van der Waals surface area contributed by atoms with Crippen LogP contribution in [0.4, 0.5) is 4.79 Å². The van der Waals surface area contributed by atoms with Crippen molar-refractivity contribution in [3.8, 4) is 0 Å². The van der Waals surface area contributed by atoms with E-state index in [4.69, 9.17) is 4.74 Å². The third-order valence-electron chi connectivity index (χ3n) is 7.56. The summed E-state index contributed by atoms with van der Waals surface area (Å²) in [5.74, 6) is 0. The van der Waals surface area contributed by atoms with Crippen molar-refractivity contribution in [1.29, 1.82) is 0 Å². The minimum absolute atomic E-state index is 0.00612. The number of ether oxygens (including phenoxy) is 1. The van der Waals surface area contributed by atoms with Crippen LogP contribution in [0.1, 0.15) is 50.3 Å². The molecule has 0 aliphatic carbocycles. The average Bonchev–Trinajstić information content (AvgIpc) is 3.20. The van der Waals surface area contributed by atoms with Crippen molar-refractivity contribution in [3.63, 3.8) is 0 Å². The zero-order valence-corrected chi connectivity index (χ0v) is 21.5. The van der Waals surface area contributed by atoms with Gasteiger partial charge in [0.1, 0.15) is 5.60 Å². The van der Waals surface area contributed by atoms with E-state index in [0.29, 0.717) is 0 Å². The van der Waals surface area contributed by atoms with E-state index < -0.39 is 11.1 Å². The Bertz CT molecular complexity index is 1090. The first-order valence-electron chi connectivity index (χ1n) is 12.9. The number of piperazine rings is 1. The van der Waals surface area contributed by atoms with Gasteiger partial charge in [-0.3, -0.25) is 9.80 Å². The highest BCUT2D eigenvalue weighted by Crippen LogP contribution is 2.48. The monoisotopic (exact) mass is 480 g/mol. The second-order valence-electron chi connectivity index (χ2n) is 10.9. The Balaban J connectivity index is 1.69. The van der Waals surface area contributed by atoms with Gasteiger partial charge in [-0.15, -0.1) is 6.58 Å². The molecule has 2 fully saturated rings. The number of benzene rings is 3. The molecule has 0 unspecified atom stereocenters. The van der Waals surface area contributed by atoms with Gasteiger partial charge in [-0.05, 0) is 50.3 Å². The Labute approximate surface area is 215 Å². The van der Waals surface area contributed by atoms with E-state index in [1.54, 1.807) is 0 Å². The maximum atomic E-state index is 13.4. The Morgan fingerprint density at radius 1 is 0.833 bits per heavy atom. The molecule has 2 heterocycles. The number of carbonyl (C=O) groups is 1. The first kappa shape index (κ1) is 24.3. The van der Waals surface area contributed by atoms with Crippen LogP contribution in [0.2, 0.25) is 0 Å². The molecule has 186 valence electrons. The van der Waals surface area contributed by atoms with Crippen molar-refractivity contribution in [2.75, 3.05) is 6.54 Å². The van der Waals surface area contributed by atoms with E-state index in [9.17, 15) is 4.79 Å². The molecule has 4 nitrogen and oxygen atoms in total. The maximum Gasteiger partial charge on any atom is 0.410 e. The van der Waals surface area contributed by atoms with Gasteiger partial charge in [0.2, 0.25) is 0 Å². The van der Waals surface area contributed by atoms with E-state index in [1.165, 1.54) is 16.7 Å². The lowest BCUT2D eigenvalue weighted by atomic mass is 9.74. The summed E-state index contributed by atoms with van der Waals surface area (Å²) in [4.78, 5) is 17.9. The van der Waals surface area contributed by atoms with Crippen molar-refractivity contribution in [1.82, 2.24) is 9.80 Å². The Hall–Kier alpha value is -3.37. The van der Waals surface area contributed by atoms with Gasteiger partial charge >= 0.3 is 6.09 Å². The molecular formula is C32H36N2O2. The molecule has 4 heteroatoms. The van der Waals surface area contributed by atoms with Crippen molar-refractivity contribution in [3.05, 3.63) is 120 Å². The van der Waals surface area contributed by atoms with E-state index in [2.05, 4.69) is 102 Å². The molecule has 2 saturated heterocycles. The lowest BCUT2D eigenvalue weighted by Gasteiger charge is -2.55. The van der Waals surface area contributed by atoms with Gasteiger partial charge in [0, 0.05) is 18.6 Å². The lowest BCUT2D eigenvalue weighted by Crippen LogP contribution is -2.66. The zero-order valence-electron chi connectivity index (χ0n) is 21.5. The second-order valence-corrected chi connectivity index (χ2v) is 10.9. The molecule has 0 saturated carbocycles. The molecule has 3 aromatic carbocycles. The summed E-state index contributed by atoms with van der Waals surface area (Å²) >= 11 is 0. The molecule has 3 atom stereocenters. The van der Waals surface area contributed by atoms with E-state index in [0.717, 1.165) is 19.4 Å². The highest BCUT2D eigenvalue weighted by molar-refractivity contribution is 5.70. The van der Waals surface area contributed by atoms with Gasteiger partial charge in [-0.1, -0.05) is 97.1 Å². The zero-order chi connectivity index (χ0) is 25.3. The van der Waals surface area contributed by atoms with Crippen molar-refractivity contribution < 1.29 is 9.53 Å². The smallest absolute Gasteiger partial charge is 0.410 e. The summed E-state index contributed by atoms with van der Waals surface area (Å²) in [5.41, 5.74) is 2.56. The predicted molar refractivity (Wildman–Crippen MR) is 145 cm³/mol. The van der Waals surface area contributed by atoms with E-state index in [1.807, 2.05) is 31.7 Å². The second kappa shape index (κ2) is 9.59. The number of fused-ring (bicyclic) bond motifs is 2. The van der Waals surface area contributed by atoms with Gasteiger partial charge in [0.15, 0.2) is 0 Å². The number of carbonyl (C=O) groups excluding carboxylic acids is 1. The molecular weight excluding hydrogens is 444 g/mol. The van der Waals surface area contributed by atoms with Crippen LogP contribution in [-0.2, 0) is 10.3 Å². The highest BCUT2D eigenvalue weighted by atomic mass is 16.6. The van der Waals surface area contributed by atoms with Crippen LogP contribution >= 0.6 is 0 Å². The van der Waals surface area contributed by atoms with Crippen LogP contribution in [0.3, 0.4) is 0 Å². The minimum atomic E-state index is -0.538. The normalized spacial score (nSPS) is 22.3. The van der Waals surface area contributed by atoms with Crippen LogP contribution in [0.15, 0.2) is 104 Å². The number of hydrogen-bond donors (Lipinski definition) is 0. The Morgan fingerprint density at radius 2 is 1.31 bits per heavy atom. The van der Waals surface area contributed by atoms with Gasteiger partial charge in [0.25, 0.3) is 0 Å². The van der Waals surface area contributed by atoms with Crippen LogP contribution in [-0.4, -0.2) is 46.2 Å². The predicted octanol–water partition coefficient (Wildman–Crippen LogP) is 6.62. The summed E-state index contributed by atoms with van der Waals surface area (Å²) in [7, 11) is 0. The molecule has 0 N–H and O–H groups in total. The largest absolute Gasteiger partial charge is 0.444 e. The molecule has 3 aromatic rings. The summed E-state index contributed by atoms with van der Waals surface area (Å²) < 4.78 is 5.86. The quantitative estimate of drug-likeness (QED) is 0.304. The van der Waals surface area contributed by atoms with Crippen molar-refractivity contribution in [2.24, 2.45) is 0 Å². The Kier molecular flexibility index (Phi) is 6.48. The van der Waals surface area contributed by atoms with Crippen LogP contribution in [0.25, 0.3) is 0 Å². The Morgan fingerprint density at radius 3 is 1.72 bits per heavy atom. The van der Waals surface area contributed by atoms with Gasteiger partial charge < -0.3 is 4.74 Å². The molecule has 2 bridgehead atoms. The molecule has 5 rings (SSSR count). The molecule has 36 heavy (non-hydrogen) atoms. The fourth-order valence-electron chi connectivity index (χ4n) is 6.26. The van der Waals surface area contributed by atoms with E-state index >= 15 is 0 Å². The number of nitrogens with zero attached hydrogens (tertiary/aromatic N) is 2. The summed E-state index contributed by atoms with van der Waals surface area (Å²) in [5, 5.41) is 0. The number of hydrogen-bond acceptors (Lipinski definition) is 3. The number of rotatable bonds is 5. The summed E-state index contributed by atoms with van der Waals surface area (Å²) in [6.45, 7) is 10.8. The van der Waals surface area contributed by atoms with Crippen molar-refractivity contribution in [2.45, 2.75) is 62.9 Å². The van der Waals surface area contributed by atoms with Gasteiger partial charge in [-0.25, -0.2) is 4.79 Å². The number of amides is 1. The third kappa shape index (κ3) is 4.14. The SMILES string of the molecule is C=C[C@@H]1[C@@H]2CC[C@H](CN1C(c1ccccc1)(c1ccccc1)c1ccccc1)N2C(=O)OC(C)(C)C.